The zero-order chi connectivity index (χ0) is 16.5. The van der Waals surface area contributed by atoms with Crippen LogP contribution >= 0.6 is 0 Å². The van der Waals surface area contributed by atoms with Crippen molar-refractivity contribution in [3.8, 4) is 5.69 Å². The van der Waals surface area contributed by atoms with Gasteiger partial charge < -0.3 is 14.7 Å². The van der Waals surface area contributed by atoms with Crippen LogP contribution in [0.1, 0.15) is 32.7 Å². The molecule has 1 atom stereocenters. The molecule has 0 fully saturated rings. The van der Waals surface area contributed by atoms with Crippen LogP contribution in [-0.4, -0.2) is 18.6 Å². The van der Waals surface area contributed by atoms with Crippen LogP contribution in [0.15, 0.2) is 30.6 Å². The predicted octanol–water partition coefficient (Wildman–Crippen LogP) is 3.68. The Morgan fingerprint density at radius 3 is 2.55 bits per heavy atom. The molecule has 0 saturated heterocycles. The van der Waals surface area contributed by atoms with Gasteiger partial charge in [-0.1, -0.05) is 20.8 Å². The Labute approximate surface area is 132 Å². The van der Waals surface area contributed by atoms with Gasteiger partial charge in [-0.3, -0.25) is 0 Å². The van der Waals surface area contributed by atoms with Crippen molar-refractivity contribution < 1.29 is 8.82 Å². The Morgan fingerprint density at radius 1 is 1.32 bits per heavy atom. The smallest absolute Gasteiger partial charge is 0.172 e. The first-order chi connectivity index (χ1) is 10.2. The van der Waals surface area contributed by atoms with Crippen molar-refractivity contribution in [2.24, 2.45) is 5.41 Å². The van der Waals surface area contributed by atoms with E-state index < -0.39 is 14.9 Å². The second-order valence-corrected chi connectivity index (χ2v) is 9.16. The van der Waals surface area contributed by atoms with Crippen LogP contribution in [0, 0.1) is 11.2 Å². The maximum atomic E-state index is 13.8. The average molecular weight is 321 g/mol. The molecule has 1 aromatic heterocycles. The lowest BCUT2D eigenvalue weighted by molar-refractivity contribution is 0.0773. The molecule has 0 aliphatic rings. The van der Waals surface area contributed by atoms with Gasteiger partial charge in [0.1, 0.15) is 17.7 Å². The Hall–Kier alpha value is -1.66. The molecule has 1 aromatic carbocycles. The van der Waals surface area contributed by atoms with E-state index in [4.69, 9.17) is 10.2 Å². The number of rotatable bonds is 4. The van der Waals surface area contributed by atoms with Crippen LogP contribution in [0.5, 0.6) is 0 Å². The van der Waals surface area contributed by atoms with E-state index in [0.29, 0.717) is 5.69 Å². The number of nitrogens with zero attached hydrogens (tertiary/aromatic N) is 2. The van der Waals surface area contributed by atoms with Gasteiger partial charge in [0.2, 0.25) is 0 Å². The summed E-state index contributed by atoms with van der Waals surface area (Å²) in [6.07, 6.45) is 3.40. The summed E-state index contributed by atoms with van der Waals surface area (Å²) < 4.78 is 21.8. The van der Waals surface area contributed by atoms with Crippen molar-refractivity contribution >= 4 is 14.7 Å². The molecule has 1 heterocycles. The lowest BCUT2D eigenvalue weighted by atomic mass is 9.88. The molecular weight excluding hydrogens is 297 g/mol. The van der Waals surface area contributed by atoms with Gasteiger partial charge in [-0.25, -0.2) is 9.37 Å². The Bertz CT molecular complexity index is 649. The molecule has 22 heavy (non-hydrogen) atoms. The highest BCUT2D eigenvalue weighted by Gasteiger charge is 2.31. The second-order valence-electron chi connectivity index (χ2n) is 6.79. The Balaban J connectivity index is 2.48. The van der Waals surface area contributed by atoms with Crippen LogP contribution in [0.3, 0.4) is 0 Å². The average Bonchev–Trinajstić information content (AvgIpc) is 2.86. The highest BCUT2D eigenvalue weighted by atomic mass is 28.3. The largest absolute Gasteiger partial charge is 0.410 e. The van der Waals surface area contributed by atoms with E-state index in [0.717, 1.165) is 5.82 Å². The number of imidazole rings is 1. The van der Waals surface area contributed by atoms with E-state index in [1.165, 1.54) is 6.07 Å². The minimum absolute atomic E-state index is 0.104. The molecule has 6 heteroatoms. The summed E-state index contributed by atoms with van der Waals surface area (Å²) in [4.78, 5) is 4.47. The molecule has 0 aliphatic carbocycles. The van der Waals surface area contributed by atoms with E-state index in [-0.39, 0.29) is 17.2 Å². The van der Waals surface area contributed by atoms with Crippen LogP contribution in [-0.2, 0) is 4.43 Å². The summed E-state index contributed by atoms with van der Waals surface area (Å²) in [5.74, 6) is 0.362. The fourth-order valence-corrected chi connectivity index (χ4v) is 3.39. The van der Waals surface area contributed by atoms with E-state index in [2.05, 4.69) is 38.8 Å². The minimum atomic E-state index is -1.25. The van der Waals surface area contributed by atoms with E-state index >= 15 is 0 Å². The normalized spacial score (nSPS) is 13.6. The molecule has 4 nitrogen and oxygen atoms in total. The van der Waals surface area contributed by atoms with E-state index in [1.807, 2.05) is 10.8 Å². The van der Waals surface area contributed by atoms with Crippen molar-refractivity contribution in [1.82, 2.24) is 9.55 Å². The number of benzene rings is 1. The van der Waals surface area contributed by atoms with Crippen molar-refractivity contribution in [3.63, 3.8) is 0 Å². The lowest BCUT2D eigenvalue weighted by Crippen LogP contribution is -2.28. The van der Waals surface area contributed by atoms with Crippen molar-refractivity contribution in [2.75, 3.05) is 5.73 Å². The summed E-state index contributed by atoms with van der Waals surface area (Å²) in [7, 11) is -1.25. The maximum absolute atomic E-state index is 13.8. The zero-order valence-corrected chi connectivity index (χ0v) is 15.0. The van der Waals surface area contributed by atoms with Gasteiger partial charge in [0, 0.05) is 24.1 Å². The van der Waals surface area contributed by atoms with Gasteiger partial charge in [0.15, 0.2) is 9.04 Å². The van der Waals surface area contributed by atoms with E-state index in [9.17, 15) is 4.39 Å². The minimum Gasteiger partial charge on any atom is -0.410 e. The first-order valence-electron chi connectivity index (χ1n) is 7.44. The SMILES string of the molecule is C[SiH](C)OC(c1nccn1-c1ccc(N)c(F)c1)C(C)(C)C. The second kappa shape index (κ2) is 6.22. The standard InChI is InChI=1S/C16H24FN3OSi/c1-16(2,3)14(21-22(4)5)15-19-8-9-20(15)11-6-7-13(18)12(17)10-11/h6-10,14,22H,18H2,1-5H3. The van der Waals surface area contributed by atoms with Gasteiger partial charge in [-0.2, -0.15) is 0 Å². The lowest BCUT2D eigenvalue weighted by Gasteiger charge is -2.32. The number of hydrogen-bond acceptors (Lipinski definition) is 3. The maximum Gasteiger partial charge on any atom is 0.172 e. The molecule has 0 bridgehead atoms. The molecule has 120 valence electrons. The monoisotopic (exact) mass is 321 g/mol. The quantitative estimate of drug-likeness (QED) is 0.690. The third kappa shape index (κ3) is 3.56. The van der Waals surface area contributed by atoms with Crippen molar-refractivity contribution in [2.45, 2.75) is 40.0 Å². The molecule has 2 N–H and O–H groups in total. The number of halogens is 1. The summed E-state index contributed by atoms with van der Waals surface area (Å²) in [6.45, 7) is 10.6. The van der Waals surface area contributed by atoms with Crippen LogP contribution in [0.2, 0.25) is 13.1 Å². The topological polar surface area (TPSA) is 53.1 Å². The van der Waals surface area contributed by atoms with Gasteiger partial charge in [0.05, 0.1) is 5.69 Å². The number of nitrogens with two attached hydrogens (primary N) is 1. The Kier molecular flexibility index (Phi) is 4.72. The molecule has 0 saturated carbocycles. The third-order valence-corrected chi connectivity index (χ3v) is 4.18. The molecule has 1 unspecified atom stereocenters. The Morgan fingerprint density at radius 2 is 2.00 bits per heavy atom. The third-order valence-electron chi connectivity index (χ3n) is 3.36. The first-order valence-corrected chi connectivity index (χ1v) is 10.2. The number of anilines is 1. The van der Waals surface area contributed by atoms with Gasteiger partial charge in [0.25, 0.3) is 0 Å². The first kappa shape index (κ1) is 16.7. The van der Waals surface area contributed by atoms with Crippen LogP contribution in [0.25, 0.3) is 5.69 Å². The summed E-state index contributed by atoms with van der Waals surface area (Å²) in [5.41, 5.74) is 6.29. The van der Waals surface area contributed by atoms with Crippen molar-refractivity contribution in [3.05, 3.63) is 42.2 Å². The highest BCUT2D eigenvalue weighted by Crippen LogP contribution is 2.36. The van der Waals surface area contributed by atoms with Crippen LogP contribution < -0.4 is 5.73 Å². The fourth-order valence-electron chi connectivity index (χ4n) is 2.32. The molecular formula is C16H24FN3OSi. The number of nitrogen functional groups attached to an aromatic ring is 1. The molecule has 0 amide bonds. The molecule has 2 rings (SSSR count). The predicted molar refractivity (Wildman–Crippen MR) is 90.1 cm³/mol. The van der Waals surface area contributed by atoms with Crippen LogP contribution in [0.4, 0.5) is 10.1 Å². The molecule has 0 radical (unpaired) electrons. The molecule has 0 spiro atoms. The van der Waals surface area contributed by atoms with Gasteiger partial charge >= 0.3 is 0 Å². The van der Waals surface area contributed by atoms with Gasteiger partial charge in [-0.15, -0.1) is 0 Å². The molecule has 0 aliphatic heterocycles. The summed E-state index contributed by atoms with van der Waals surface area (Å²) in [5, 5.41) is 0. The number of aromatic nitrogens is 2. The van der Waals surface area contributed by atoms with E-state index in [1.54, 1.807) is 18.3 Å². The van der Waals surface area contributed by atoms with Gasteiger partial charge in [-0.05, 0) is 30.6 Å². The number of hydrogen-bond donors (Lipinski definition) is 1. The summed E-state index contributed by atoms with van der Waals surface area (Å²) in [6, 6.07) is 4.78. The fraction of sp³-hybridized carbons (Fsp3) is 0.438. The molecule has 2 aromatic rings. The zero-order valence-electron chi connectivity index (χ0n) is 13.8. The highest BCUT2D eigenvalue weighted by molar-refractivity contribution is 6.48. The summed E-state index contributed by atoms with van der Waals surface area (Å²) >= 11 is 0. The van der Waals surface area contributed by atoms with Crippen molar-refractivity contribution in [1.29, 1.82) is 0 Å².